The summed E-state index contributed by atoms with van der Waals surface area (Å²) in [6.07, 6.45) is 1.26. The van der Waals surface area contributed by atoms with Crippen molar-refractivity contribution in [2.45, 2.75) is 18.3 Å². The quantitative estimate of drug-likeness (QED) is 0.764. The van der Waals surface area contributed by atoms with E-state index in [-0.39, 0.29) is 18.0 Å². The third-order valence-corrected chi connectivity index (χ3v) is 4.16. The van der Waals surface area contributed by atoms with Crippen molar-refractivity contribution in [2.75, 3.05) is 13.1 Å². The number of halogens is 1. The zero-order valence-corrected chi connectivity index (χ0v) is 10.7. The van der Waals surface area contributed by atoms with Crippen molar-refractivity contribution in [1.29, 1.82) is 0 Å². The molecule has 2 aliphatic carbocycles. The first-order valence-corrected chi connectivity index (χ1v) is 6.19. The maximum atomic E-state index is 11.4. The van der Waals surface area contributed by atoms with E-state index in [0.717, 1.165) is 24.3 Å². The van der Waals surface area contributed by atoms with E-state index in [2.05, 4.69) is 28.5 Å². The van der Waals surface area contributed by atoms with Crippen molar-refractivity contribution in [3.8, 4) is 11.3 Å². The van der Waals surface area contributed by atoms with Crippen LogP contribution in [0.4, 0.5) is 0 Å². The van der Waals surface area contributed by atoms with Crippen molar-refractivity contribution in [3.05, 3.63) is 45.7 Å². The minimum absolute atomic E-state index is 0. The van der Waals surface area contributed by atoms with Gasteiger partial charge in [0.05, 0.1) is 0 Å². The normalized spacial score (nSPS) is 24.7. The Balaban J connectivity index is 0.000001000. The fourth-order valence-electron chi connectivity index (χ4n) is 3.37. The van der Waals surface area contributed by atoms with Gasteiger partial charge in [-0.2, -0.15) is 0 Å². The monoisotopic (exact) mass is 262 g/mol. The van der Waals surface area contributed by atoms with Gasteiger partial charge >= 0.3 is 0 Å². The molecule has 1 saturated heterocycles. The molecular formula is C14H15ClN2O. The Morgan fingerprint density at radius 1 is 1.06 bits per heavy atom. The number of hydrogen-bond donors (Lipinski definition) is 2. The van der Waals surface area contributed by atoms with Crippen LogP contribution in [0, 0.1) is 0 Å². The molecule has 0 aromatic heterocycles. The van der Waals surface area contributed by atoms with Crippen molar-refractivity contribution in [1.82, 2.24) is 10.3 Å². The molecule has 2 heterocycles. The number of fused-ring (bicyclic) bond motifs is 6. The number of H-pyrrole nitrogens is 1. The molecule has 94 valence electrons. The average molecular weight is 263 g/mol. The van der Waals surface area contributed by atoms with Crippen LogP contribution in [0.25, 0.3) is 11.3 Å². The lowest BCUT2D eigenvalue weighted by Crippen LogP contribution is -2.28. The first-order chi connectivity index (χ1) is 8.31. The van der Waals surface area contributed by atoms with Crippen LogP contribution in [0.1, 0.15) is 29.4 Å². The molecule has 0 amide bonds. The first-order valence-electron chi connectivity index (χ1n) is 6.19. The predicted molar refractivity (Wildman–Crippen MR) is 73.9 cm³/mol. The summed E-state index contributed by atoms with van der Waals surface area (Å²) in [6, 6.07) is 8.15. The molecule has 2 aliphatic heterocycles. The van der Waals surface area contributed by atoms with Crippen LogP contribution in [-0.2, 0) is 0 Å². The minimum Gasteiger partial charge on any atom is -0.322 e. The minimum atomic E-state index is -0.000885. The van der Waals surface area contributed by atoms with Gasteiger partial charge in [-0.3, -0.25) is 4.79 Å². The van der Waals surface area contributed by atoms with Gasteiger partial charge < -0.3 is 10.3 Å². The number of hydrogen-bond acceptors (Lipinski definition) is 2. The van der Waals surface area contributed by atoms with Gasteiger partial charge in [-0.25, -0.2) is 0 Å². The van der Waals surface area contributed by atoms with Gasteiger partial charge in [-0.05, 0) is 35.4 Å². The number of aromatic amines is 1. The third-order valence-electron chi connectivity index (χ3n) is 4.16. The molecule has 2 bridgehead atoms. The zero-order valence-electron chi connectivity index (χ0n) is 9.90. The van der Waals surface area contributed by atoms with E-state index in [1.807, 2.05) is 0 Å². The van der Waals surface area contributed by atoms with Crippen LogP contribution in [0.5, 0.6) is 0 Å². The highest BCUT2D eigenvalue weighted by Crippen LogP contribution is 2.44. The van der Waals surface area contributed by atoms with E-state index < -0.39 is 0 Å². The highest BCUT2D eigenvalue weighted by atomic mass is 35.5. The molecule has 2 unspecified atom stereocenters. The van der Waals surface area contributed by atoms with Crippen LogP contribution in [-0.4, -0.2) is 18.1 Å². The molecule has 0 radical (unpaired) electrons. The number of rotatable bonds is 0. The Labute approximate surface area is 111 Å². The van der Waals surface area contributed by atoms with Crippen LogP contribution < -0.4 is 10.9 Å². The van der Waals surface area contributed by atoms with E-state index in [1.165, 1.54) is 17.5 Å². The molecule has 18 heavy (non-hydrogen) atoms. The summed E-state index contributed by atoms with van der Waals surface area (Å²) < 4.78 is 0. The second kappa shape index (κ2) is 4.11. The van der Waals surface area contributed by atoms with Crippen LogP contribution in [0.3, 0.4) is 0 Å². The molecule has 4 aliphatic rings. The maximum Gasteiger partial charge on any atom is 0.249 e. The first kappa shape index (κ1) is 11.8. The lowest BCUT2D eigenvalue weighted by molar-refractivity contribution is 0.453. The molecule has 1 fully saturated rings. The van der Waals surface area contributed by atoms with Gasteiger partial charge in [0.15, 0.2) is 0 Å². The van der Waals surface area contributed by atoms with Crippen LogP contribution >= 0.6 is 12.4 Å². The second-order valence-electron chi connectivity index (χ2n) is 5.18. The van der Waals surface area contributed by atoms with Gasteiger partial charge in [0.2, 0.25) is 5.56 Å². The lowest BCUT2D eigenvalue weighted by atomic mass is 9.97. The Hall–Kier alpha value is -1.32. The summed E-state index contributed by atoms with van der Waals surface area (Å²) >= 11 is 0. The van der Waals surface area contributed by atoms with E-state index >= 15 is 0 Å². The summed E-state index contributed by atoms with van der Waals surface area (Å²) in [7, 11) is 0. The molecule has 0 saturated carbocycles. The summed E-state index contributed by atoms with van der Waals surface area (Å²) in [5.74, 6) is 1.28. The highest BCUT2D eigenvalue weighted by molar-refractivity contribution is 5.85. The second-order valence-corrected chi connectivity index (χ2v) is 5.18. The molecule has 4 rings (SSSR count). The molecule has 0 aromatic rings. The van der Waals surface area contributed by atoms with E-state index in [0.29, 0.717) is 11.8 Å². The van der Waals surface area contributed by atoms with Gasteiger partial charge in [-0.1, -0.05) is 12.1 Å². The summed E-state index contributed by atoms with van der Waals surface area (Å²) in [5.41, 5.74) is 4.90. The molecule has 2 N–H and O–H groups in total. The van der Waals surface area contributed by atoms with E-state index in [1.54, 1.807) is 6.07 Å². The van der Waals surface area contributed by atoms with Crippen molar-refractivity contribution >= 4 is 12.4 Å². The van der Waals surface area contributed by atoms with E-state index in [4.69, 9.17) is 0 Å². The summed E-state index contributed by atoms with van der Waals surface area (Å²) in [5, 5.41) is 3.49. The standard InChI is InChI=1S/C14H14N2O.ClH/c17-14-4-8-1-2-11-9-3-10(7-15-6-9)12(11)5-13(8)16-14;/h1-2,4-5,9-10,15H,3,6-7H2,(H,16,17);1H. The van der Waals surface area contributed by atoms with Gasteiger partial charge in [-0.15, -0.1) is 12.4 Å². The average Bonchev–Trinajstić information content (AvgIpc) is 2.71. The Morgan fingerprint density at radius 2 is 1.83 bits per heavy atom. The van der Waals surface area contributed by atoms with Gasteiger partial charge in [0, 0.05) is 30.4 Å². The molecule has 4 heteroatoms. The maximum absolute atomic E-state index is 11.4. The SMILES string of the molecule is Cl.O=c1cc2ccc3c(cc-2[nH]1)C1CNCC3C1. The van der Waals surface area contributed by atoms with Crippen LogP contribution in [0.2, 0.25) is 0 Å². The number of nitrogens with one attached hydrogen (secondary N) is 2. The van der Waals surface area contributed by atoms with Gasteiger partial charge in [0.25, 0.3) is 0 Å². The molecule has 0 spiro atoms. The Morgan fingerprint density at radius 3 is 2.67 bits per heavy atom. The molecule has 3 nitrogen and oxygen atoms in total. The van der Waals surface area contributed by atoms with Crippen molar-refractivity contribution in [3.63, 3.8) is 0 Å². The predicted octanol–water partition coefficient (Wildman–Crippen LogP) is 2.08. The third kappa shape index (κ3) is 1.58. The summed E-state index contributed by atoms with van der Waals surface area (Å²) in [4.78, 5) is 14.3. The van der Waals surface area contributed by atoms with Gasteiger partial charge in [0.1, 0.15) is 0 Å². The fraction of sp³-hybridized carbons (Fsp3) is 0.357. The van der Waals surface area contributed by atoms with Crippen molar-refractivity contribution in [2.24, 2.45) is 0 Å². The lowest BCUT2D eigenvalue weighted by Gasteiger charge is -2.20. The topological polar surface area (TPSA) is 44.9 Å². The Kier molecular flexibility index (Phi) is 2.68. The number of aromatic nitrogens is 1. The molecule has 2 atom stereocenters. The van der Waals surface area contributed by atoms with E-state index in [9.17, 15) is 4.79 Å². The smallest absolute Gasteiger partial charge is 0.249 e. The van der Waals surface area contributed by atoms with Crippen LogP contribution in [0.15, 0.2) is 29.1 Å². The highest BCUT2D eigenvalue weighted by Gasteiger charge is 2.33. The number of piperidine rings is 1. The fourth-order valence-corrected chi connectivity index (χ4v) is 3.37. The molecular weight excluding hydrogens is 248 g/mol. The Bertz CT molecular complexity index is 622. The largest absolute Gasteiger partial charge is 0.322 e. The zero-order chi connectivity index (χ0) is 11.4. The summed E-state index contributed by atoms with van der Waals surface area (Å²) in [6.45, 7) is 2.16. The van der Waals surface area contributed by atoms with Crippen molar-refractivity contribution < 1.29 is 0 Å². The molecule has 0 aromatic carbocycles.